The molecule has 0 aliphatic carbocycles. The molecule has 0 bridgehead atoms. The molecule has 0 spiro atoms. The van der Waals surface area contributed by atoms with E-state index < -0.39 is 0 Å². The van der Waals surface area contributed by atoms with Crippen LogP contribution in [0.25, 0.3) is 0 Å². The second kappa shape index (κ2) is 5.09. The van der Waals surface area contributed by atoms with Gasteiger partial charge in [0.15, 0.2) is 0 Å². The van der Waals surface area contributed by atoms with E-state index in [1.807, 2.05) is 4.90 Å². The summed E-state index contributed by atoms with van der Waals surface area (Å²) in [6, 6.07) is 8.36. The summed E-state index contributed by atoms with van der Waals surface area (Å²) in [5.74, 6) is 0.472. The molecule has 1 aromatic carbocycles. The van der Waals surface area contributed by atoms with Crippen molar-refractivity contribution in [3.63, 3.8) is 0 Å². The van der Waals surface area contributed by atoms with Crippen LogP contribution in [0.4, 0.5) is 4.79 Å². The first-order chi connectivity index (χ1) is 9.59. The number of hydrogen-bond donors (Lipinski definition) is 1. The van der Waals surface area contributed by atoms with Crippen molar-refractivity contribution in [2.45, 2.75) is 32.4 Å². The van der Waals surface area contributed by atoms with E-state index in [-0.39, 0.29) is 11.6 Å². The van der Waals surface area contributed by atoms with Crippen LogP contribution in [0.5, 0.6) is 0 Å². The summed E-state index contributed by atoms with van der Waals surface area (Å²) in [4.78, 5) is 14.0. The van der Waals surface area contributed by atoms with Crippen molar-refractivity contribution >= 4 is 6.09 Å². The van der Waals surface area contributed by atoms with E-state index in [4.69, 9.17) is 4.74 Å². The minimum Gasteiger partial charge on any atom is -0.447 e. The van der Waals surface area contributed by atoms with E-state index in [1.54, 1.807) is 0 Å². The van der Waals surface area contributed by atoms with Gasteiger partial charge in [-0.3, -0.25) is 4.90 Å². The quantitative estimate of drug-likeness (QED) is 0.919. The summed E-state index contributed by atoms with van der Waals surface area (Å²) in [6.45, 7) is 7.37. The molecular weight excluding hydrogens is 252 g/mol. The summed E-state index contributed by atoms with van der Waals surface area (Å²) in [5.41, 5.74) is 2.21. The van der Waals surface area contributed by atoms with Gasteiger partial charge in [0, 0.05) is 13.1 Å². The van der Waals surface area contributed by atoms with Crippen LogP contribution in [0.3, 0.4) is 0 Å². The maximum atomic E-state index is 12.1. The number of carbonyl (C=O) groups excluding carboxylic acids is 1. The van der Waals surface area contributed by atoms with Gasteiger partial charge in [-0.1, -0.05) is 29.8 Å². The molecule has 2 heterocycles. The number of nitrogens with one attached hydrogen (secondary N) is 1. The van der Waals surface area contributed by atoms with Crippen LogP contribution < -0.4 is 5.32 Å². The van der Waals surface area contributed by atoms with E-state index in [2.05, 4.69) is 43.4 Å². The average molecular weight is 274 g/mol. The lowest BCUT2D eigenvalue weighted by Gasteiger charge is -2.36. The van der Waals surface area contributed by atoms with Gasteiger partial charge < -0.3 is 10.1 Å². The van der Waals surface area contributed by atoms with Gasteiger partial charge in [-0.15, -0.1) is 0 Å². The number of rotatable bonds is 3. The molecule has 0 aromatic heterocycles. The monoisotopic (exact) mass is 274 g/mol. The molecular formula is C16H22N2O2. The third kappa shape index (κ3) is 2.29. The summed E-state index contributed by atoms with van der Waals surface area (Å²) in [5, 5.41) is 3.39. The average Bonchev–Trinajstić information content (AvgIpc) is 3.06. The Morgan fingerprint density at radius 2 is 2.15 bits per heavy atom. The van der Waals surface area contributed by atoms with Crippen LogP contribution in [0.15, 0.2) is 24.3 Å². The highest BCUT2D eigenvalue weighted by Crippen LogP contribution is 2.35. The third-order valence-electron chi connectivity index (χ3n) is 4.73. The number of carbonyl (C=O) groups is 1. The fourth-order valence-corrected chi connectivity index (χ4v) is 3.22. The molecule has 0 radical (unpaired) electrons. The van der Waals surface area contributed by atoms with Gasteiger partial charge in [0.05, 0.1) is 5.54 Å². The fraction of sp³-hybridized carbons (Fsp3) is 0.562. The van der Waals surface area contributed by atoms with Crippen molar-refractivity contribution in [1.29, 1.82) is 0 Å². The van der Waals surface area contributed by atoms with Gasteiger partial charge >= 0.3 is 6.09 Å². The molecule has 4 heteroatoms. The Morgan fingerprint density at radius 3 is 2.80 bits per heavy atom. The Labute approximate surface area is 120 Å². The van der Waals surface area contributed by atoms with Gasteiger partial charge in [-0.2, -0.15) is 0 Å². The predicted octanol–water partition coefficient (Wildman–Crippen LogP) is 2.32. The molecule has 2 atom stereocenters. The van der Waals surface area contributed by atoms with Crippen LogP contribution in [0, 0.1) is 12.8 Å². The van der Waals surface area contributed by atoms with Crippen molar-refractivity contribution in [1.82, 2.24) is 10.2 Å². The summed E-state index contributed by atoms with van der Waals surface area (Å²) < 4.78 is 5.35. The SMILES string of the molecule is Cc1ccc(CN2C(=O)OCC2(C)C2CCNC2)cc1. The largest absolute Gasteiger partial charge is 0.447 e. The molecule has 2 aliphatic heterocycles. The molecule has 2 saturated heterocycles. The number of cyclic esters (lactones) is 1. The van der Waals surface area contributed by atoms with E-state index in [0.29, 0.717) is 19.1 Å². The number of amides is 1. The van der Waals surface area contributed by atoms with Crippen LogP contribution >= 0.6 is 0 Å². The summed E-state index contributed by atoms with van der Waals surface area (Å²) >= 11 is 0. The van der Waals surface area contributed by atoms with Crippen molar-refractivity contribution in [2.75, 3.05) is 19.7 Å². The van der Waals surface area contributed by atoms with Crippen LogP contribution in [-0.2, 0) is 11.3 Å². The van der Waals surface area contributed by atoms with E-state index >= 15 is 0 Å². The minimum absolute atomic E-state index is 0.181. The highest BCUT2D eigenvalue weighted by atomic mass is 16.6. The van der Waals surface area contributed by atoms with Crippen LogP contribution in [0.2, 0.25) is 0 Å². The smallest absolute Gasteiger partial charge is 0.410 e. The fourth-order valence-electron chi connectivity index (χ4n) is 3.22. The molecule has 4 nitrogen and oxygen atoms in total. The maximum absolute atomic E-state index is 12.1. The first-order valence-electron chi connectivity index (χ1n) is 7.30. The molecule has 0 saturated carbocycles. The Kier molecular flexibility index (Phi) is 3.42. The molecule has 108 valence electrons. The van der Waals surface area contributed by atoms with Crippen molar-refractivity contribution < 1.29 is 9.53 Å². The summed E-state index contributed by atoms with van der Waals surface area (Å²) in [7, 11) is 0. The third-order valence-corrected chi connectivity index (χ3v) is 4.73. The number of nitrogens with zero attached hydrogens (tertiary/aromatic N) is 1. The number of hydrogen-bond acceptors (Lipinski definition) is 3. The van der Waals surface area contributed by atoms with Gasteiger partial charge in [-0.05, 0) is 38.3 Å². The van der Waals surface area contributed by atoms with E-state index in [0.717, 1.165) is 25.1 Å². The molecule has 20 heavy (non-hydrogen) atoms. The number of aryl methyl sites for hydroxylation is 1. The zero-order valence-corrected chi connectivity index (χ0v) is 12.2. The normalized spacial score (nSPS) is 29.8. The highest BCUT2D eigenvalue weighted by molar-refractivity contribution is 5.71. The Bertz CT molecular complexity index is 494. The molecule has 1 N–H and O–H groups in total. The van der Waals surface area contributed by atoms with Crippen LogP contribution in [-0.4, -0.2) is 36.2 Å². The Balaban J connectivity index is 1.81. The molecule has 2 fully saturated rings. The Hall–Kier alpha value is -1.55. The lowest BCUT2D eigenvalue weighted by atomic mass is 9.84. The first kappa shape index (κ1) is 13.4. The zero-order chi connectivity index (χ0) is 14.2. The van der Waals surface area contributed by atoms with E-state index in [9.17, 15) is 4.79 Å². The second-order valence-electron chi connectivity index (χ2n) is 6.17. The maximum Gasteiger partial charge on any atom is 0.410 e. The van der Waals surface area contributed by atoms with Gasteiger partial charge in [0.25, 0.3) is 0 Å². The molecule has 2 unspecified atom stereocenters. The zero-order valence-electron chi connectivity index (χ0n) is 12.2. The lowest BCUT2D eigenvalue weighted by Crippen LogP contribution is -2.50. The number of ether oxygens (including phenoxy) is 1. The molecule has 2 aliphatic rings. The van der Waals surface area contributed by atoms with E-state index in [1.165, 1.54) is 5.56 Å². The highest BCUT2D eigenvalue weighted by Gasteiger charge is 2.49. The topological polar surface area (TPSA) is 41.6 Å². The first-order valence-corrected chi connectivity index (χ1v) is 7.30. The van der Waals surface area contributed by atoms with Crippen molar-refractivity contribution in [3.05, 3.63) is 35.4 Å². The van der Waals surface area contributed by atoms with Crippen molar-refractivity contribution in [3.8, 4) is 0 Å². The van der Waals surface area contributed by atoms with Gasteiger partial charge in [0.1, 0.15) is 6.61 Å². The van der Waals surface area contributed by atoms with Gasteiger partial charge in [0.2, 0.25) is 0 Å². The Morgan fingerprint density at radius 1 is 1.40 bits per heavy atom. The molecule has 1 amide bonds. The van der Waals surface area contributed by atoms with Crippen molar-refractivity contribution in [2.24, 2.45) is 5.92 Å². The predicted molar refractivity (Wildman–Crippen MR) is 77.5 cm³/mol. The van der Waals surface area contributed by atoms with Gasteiger partial charge in [-0.25, -0.2) is 4.79 Å². The molecule has 3 rings (SSSR count). The molecule has 1 aromatic rings. The minimum atomic E-state index is -0.189. The summed E-state index contributed by atoms with van der Waals surface area (Å²) in [6.07, 6.45) is 0.928. The standard InChI is InChI=1S/C16H22N2O2/c1-12-3-5-13(6-4-12)10-18-15(19)20-11-16(18,2)14-7-8-17-9-14/h3-6,14,17H,7-11H2,1-2H3. The second-order valence-corrected chi connectivity index (χ2v) is 6.17. The lowest BCUT2D eigenvalue weighted by molar-refractivity contribution is 0.117. The van der Waals surface area contributed by atoms with Crippen LogP contribution in [0.1, 0.15) is 24.5 Å². The number of benzene rings is 1.